The first-order valence-electron chi connectivity index (χ1n) is 6.45. The molecular weight excluding hydrogens is 240 g/mol. The molecule has 0 amide bonds. The lowest BCUT2D eigenvalue weighted by Gasteiger charge is -2.04. The van der Waals surface area contributed by atoms with Gasteiger partial charge in [-0.3, -0.25) is 0 Å². The molecule has 18 heavy (non-hydrogen) atoms. The molecule has 1 atom stereocenters. The van der Waals surface area contributed by atoms with Crippen LogP contribution in [0, 0.1) is 19.8 Å². The lowest BCUT2D eigenvalue weighted by atomic mass is 10.1. The van der Waals surface area contributed by atoms with Crippen molar-refractivity contribution in [1.29, 1.82) is 0 Å². The minimum absolute atomic E-state index is 0.146. The zero-order valence-electron chi connectivity index (χ0n) is 10.8. The van der Waals surface area contributed by atoms with Gasteiger partial charge >= 0.3 is 0 Å². The van der Waals surface area contributed by atoms with E-state index in [0.29, 0.717) is 5.92 Å². The number of thiazole rings is 1. The van der Waals surface area contributed by atoms with E-state index in [0.717, 1.165) is 10.7 Å². The average molecular weight is 258 g/mol. The number of hydrogen-bond acceptors (Lipinski definition) is 3. The lowest BCUT2D eigenvalue weighted by Crippen LogP contribution is -2.11. The summed E-state index contributed by atoms with van der Waals surface area (Å²) in [6.45, 7) is 4.24. The predicted octanol–water partition coefficient (Wildman–Crippen LogP) is 3.84. The fraction of sp³-hybridized carbons (Fsp3) is 0.400. The van der Waals surface area contributed by atoms with Crippen LogP contribution in [0.3, 0.4) is 0 Å². The summed E-state index contributed by atoms with van der Waals surface area (Å²) < 4.78 is 0. The zero-order valence-corrected chi connectivity index (χ0v) is 11.6. The Kier molecular flexibility index (Phi) is 2.96. The van der Waals surface area contributed by atoms with E-state index in [1.165, 1.54) is 28.8 Å². The Balaban J connectivity index is 1.94. The van der Waals surface area contributed by atoms with Crippen LogP contribution in [0.1, 0.15) is 34.3 Å². The molecule has 0 saturated heterocycles. The molecule has 3 heteroatoms. The first-order chi connectivity index (χ1) is 8.65. The van der Waals surface area contributed by atoms with E-state index in [1.807, 2.05) is 0 Å². The van der Waals surface area contributed by atoms with Crippen molar-refractivity contribution in [2.24, 2.45) is 11.7 Å². The first-order valence-corrected chi connectivity index (χ1v) is 7.27. The van der Waals surface area contributed by atoms with Gasteiger partial charge < -0.3 is 5.73 Å². The standard InChI is InChI=1S/C15H18N2S/c1-9-3-5-12(6-4-9)14-10(2)18-15(17-14)13(16)11-7-8-11/h3-6,11,13H,7-8,16H2,1-2H3. The third-order valence-corrected chi connectivity index (χ3v) is 4.63. The molecule has 0 aliphatic heterocycles. The maximum Gasteiger partial charge on any atom is 0.111 e. The molecular formula is C15H18N2S. The van der Waals surface area contributed by atoms with Crippen molar-refractivity contribution in [2.45, 2.75) is 32.7 Å². The molecule has 1 aromatic heterocycles. The molecule has 2 N–H and O–H groups in total. The summed E-state index contributed by atoms with van der Waals surface area (Å²) in [7, 11) is 0. The number of nitrogens with two attached hydrogens (primary N) is 1. The third kappa shape index (κ3) is 2.20. The van der Waals surface area contributed by atoms with Gasteiger partial charge in [0, 0.05) is 10.4 Å². The van der Waals surface area contributed by atoms with Gasteiger partial charge in [0.15, 0.2) is 0 Å². The lowest BCUT2D eigenvalue weighted by molar-refractivity contribution is 0.629. The summed E-state index contributed by atoms with van der Waals surface area (Å²) in [6.07, 6.45) is 2.53. The van der Waals surface area contributed by atoms with Crippen LogP contribution in [0.2, 0.25) is 0 Å². The van der Waals surface area contributed by atoms with Crippen LogP contribution >= 0.6 is 11.3 Å². The predicted molar refractivity (Wildman–Crippen MR) is 76.7 cm³/mol. The number of rotatable bonds is 3. The smallest absolute Gasteiger partial charge is 0.111 e. The van der Waals surface area contributed by atoms with E-state index >= 15 is 0 Å². The van der Waals surface area contributed by atoms with Crippen LogP contribution in [-0.4, -0.2) is 4.98 Å². The second-order valence-electron chi connectivity index (χ2n) is 5.19. The summed E-state index contributed by atoms with van der Waals surface area (Å²) in [5, 5.41) is 1.10. The normalized spacial score (nSPS) is 16.8. The summed E-state index contributed by atoms with van der Waals surface area (Å²) >= 11 is 1.75. The van der Waals surface area contributed by atoms with Gasteiger partial charge in [0.1, 0.15) is 5.01 Å². The molecule has 2 aromatic rings. The number of nitrogens with zero attached hydrogens (tertiary/aromatic N) is 1. The molecule has 0 spiro atoms. The van der Waals surface area contributed by atoms with Gasteiger partial charge in [0.05, 0.1) is 11.7 Å². The van der Waals surface area contributed by atoms with Crippen LogP contribution in [-0.2, 0) is 0 Å². The van der Waals surface area contributed by atoms with Crippen molar-refractivity contribution in [3.05, 3.63) is 39.7 Å². The highest BCUT2D eigenvalue weighted by molar-refractivity contribution is 7.12. The molecule has 0 radical (unpaired) electrons. The Labute approximate surface area is 112 Å². The maximum absolute atomic E-state index is 6.23. The van der Waals surface area contributed by atoms with Crippen LogP contribution in [0.5, 0.6) is 0 Å². The molecule has 1 aliphatic carbocycles. The van der Waals surface area contributed by atoms with Gasteiger partial charge in [-0.1, -0.05) is 29.8 Å². The SMILES string of the molecule is Cc1ccc(-c2nc(C(N)C3CC3)sc2C)cc1. The van der Waals surface area contributed by atoms with Crippen molar-refractivity contribution >= 4 is 11.3 Å². The van der Waals surface area contributed by atoms with Gasteiger partial charge in [0.2, 0.25) is 0 Å². The van der Waals surface area contributed by atoms with E-state index < -0.39 is 0 Å². The highest BCUT2D eigenvalue weighted by atomic mass is 32.1. The van der Waals surface area contributed by atoms with E-state index in [9.17, 15) is 0 Å². The van der Waals surface area contributed by atoms with E-state index in [4.69, 9.17) is 10.7 Å². The van der Waals surface area contributed by atoms with Crippen LogP contribution in [0.15, 0.2) is 24.3 Å². The largest absolute Gasteiger partial charge is 0.322 e. The number of aromatic nitrogens is 1. The van der Waals surface area contributed by atoms with Crippen LogP contribution in [0.25, 0.3) is 11.3 Å². The summed E-state index contributed by atoms with van der Waals surface area (Å²) in [6, 6.07) is 8.70. The molecule has 1 unspecified atom stereocenters. The monoisotopic (exact) mass is 258 g/mol. The van der Waals surface area contributed by atoms with Crippen molar-refractivity contribution in [3.63, 3.8) is 0 Å². The summed E-state index contributed by atoms with van der Waals surface area (Å²) in [5.41, 5.74) is 9.81. The Hall–Kier alpha value is -1.19. The molecule has 94 valence electrons. The minimum Gasteiger partial charge on any atom is -0.322 e. The molecule has 1 saturated carbocycles. The second-order valence-corrected chi connectivity index (χ2v) is 6.42. The Morgan fingerprint density at radius 3 is 2.50 bits per heavy atom. The molecule has 1 heterocycles. The van der Waals surface area contributed by atoms with Crippen molar-refractivity contribution in [3.8, 4) is 11.3 Å². The number of benzene rings is 1. The Bertz CT molecular complexity index is 552. The van der Waals surface area contributed by atoms with Gasteiger partial charge in [-0.2, -0.15) is 0 Å². The van der Waals surface area contributed by atoms with Gasteiger partial charge in [-0.05, 0) is 32.6 Å². The highest BCUT2D eigenvalue weighted by Crippen LogP contribution is 2.42. The molecule has 0 bridgehead atoms. The fourth-order valence-electron chi connectivity index (χ4n) is 2.20. The van der Waals surface area contributed by atoms with E-state index in [2.05, 4.69) is 38.1 Å². The van der Waals surface area contributed by atoms with Crippen molar-refractivity contribution in [1.82, 2.24) is 4.98 Å². The van der Waals surface area contributed by atoms with Gasteiger partial charge in [0.25, 0.3) is 0 Å². The summed E-state index contributed by atoms with van der Waals surface area (Å²) in [4.78, 5) is 6.03. The van der Waals surface area contributed by atoms with Crippen molar-refractivity contribution in [2.75, 3.05) is 0 Å². The van der Waals surface area contributed by atoms with Gasteiger partial charge in [-0.15, -0.1) is 11.3 Å². The third-order valence-electron chi connectivity index (χ3n) is 3.55. The van der Waals surface area contributed by atoms with E-state index in [-0.39, 0.29) is 6.04 Å². The van der Waals surface area contributed by atoms with Crippen LogP contribution < -0.4 is 5.73 Å². The number of aryl methyl sites for hydroxylation is 2. The fourth-order valence-corrected chi connectivity index (χ4v) is 3.24. The Morgan fingerprint density at radius 2 is 1.89 bits per heavy atom. The van der Waals surface area contributed by atoms with Gasteiger partial charge in [-0.25, -0.2) is 4.98 Å². The van der Waals surface area contributed by atoms with Crippen molar-refractivity contribution < 1.29 is 0 Å². The molecule has 3 rings (SSSR count). The van der Waals surface area contributed by atoms with Crippen LogP contribution in [0.4, 0.5) is 0 Å². The Morgan fingerprint density at radius 1 is 1.22 bits per heavy atom. The molecule has 2 nitrogen and oxygen atoms in total. The quantitative estimate of drug-likeness (QED) is 0.908. The minimum atomic E-state index is 0.146. The molecule has 1 aromatic carbocycles. The zero-order chi connectivity index (χ0) is 12.7. The summed E-state index contributed by atoms with van der Waals surface area (Å²) in [5.74, 6) is 0.668. The number of hydrogen-bond donors (Lipinski definition) is 1. The average Bonchev–Trinajstić information content (AvgIpc) is 3.13. The highest BCUT2D eigenvalue weighted by Gasteiger charge is 2.31. The maximum atomic E-state index is 6.23. The first kappa shape index (κ1) is 11.9. The topological polar surface area (TPSA) is 38.9 Å². The second kappa shape index (κ2) is 4.48. The van der Waals surface area contributed by atoms with E-state index in [1.54, 1.807) is 11.3 Å². The molecule has 1 fully saturated rings. The molecule has 1 aliphatic rings.